The number of nitrogens with one attached hydrogen (secondary N) is 1. The molecule has 2 aromatic rings. The summed E-state index contributed by atoms with van der Waals surface area (Å²) >= 11 is 0. The van der Waals surface area contributed by atoms with Crippen LogP contribution in [0.3, 0.4) is 0 Å². The van der Waals surface area contributed by atoms with Gasteiger partial charge >= 0.3 is 0 Å². The summed E-state index contributed by atoms with van der Waals surface area (Å²) in [5, 5.41) is 17.8. The van der Waals surface area contributed by atoms with Crippen molar-refractivity contribution in [2.75, 3.05) is 13.2 Å². The van der Waals surface area contributed by atoms with Gasteiger partial charge in [0.15, 0.2) is 0 Å². The van der Waals surface area contributed by atoms with Gasteiger partial charge in [0, 0.05) is 31.9 Å². The highest BCUT2D eigenvalue weighted by atomic mass is 16.5. The van der Waals surface area contributed by atoms with Gasteiger partial charge in [-0.25, -0.2) is 0 Å². The first kappa shape index (κ1) is 15.5. The molecule has 1 heterocycles. The Morgan fingerprint density at radius 2 is 2.24 bits per heavy atom. The standard InChI is InChI=1S/C16H23N3O2/c1-4-21-15-7-5-6-13(8-15)9-17-12-16(2,20)14-10-18-19(3)11-14/h5-8,10-11,17,20H,4,9,12H2,1-3H3. The molecule has 1 aromatic carbocycles. The van der Waals surface area contributed by atoms with Crippen molar-refractivity contribution in [2.24, 2.45) is 7.05 Å². The molecule has 0 spiro atoms. The zero-order valence-corrected chi connectivity index (χ0v) is 12.8. The molecule has 2 N–H and O–H groups in total. The van der Waals surface area contributed by atoms with Gasteiger partial charge in [0.25, 0.3) is 0 Å². The van der Waals surface area contributed by atoms with Crippen LogP contribution in [0.25, 0.3) is 0 Å². The Balaban J connectivity index is 1.90. The summed E-state index contributed by atoms with van der Waals surface area (Å²) in [6, 6.07) is 7.96. The van der Waals surface area contributed by atoms with Crippen molar-refractivity contribution in [2.45, 2.75) is 26.0 Å². The molecule has 0 fully saturated rings. The van der Waals surface area contributed by atoms with E-state index in [1.807, 2.05) is 44.4 Å². The summed E-state index contributed by atoms with van der Waals surface area (Å²) in [7, 11) is 1.84. The molecule has 2 rings (SSSR count). The largest absolute Gasteiger partial charge is 0.494 e. The zero-order valence-electron chi connectivity index (χ0n) is 12.8. The molecule has 21 heavy (non-hydrogen) atoms. The van der Waals surface area contributed by atoms with Gasteiger partial charge in [0.2, 0.25) is 0 Å². The quantitative estimate of drug-likeness (QED) is 0.816. The van der Waals surface area contributed by atoms with Crippen LogP contribution in [0.2, 0.25) is 0 Å². The molecule has 0 saturated heterocycles. The molecule has 0 saturated carbocycles. The number of aryl methyl sites for hydroxylation is 1. The van der Waals surface area contributed by atoms with E-state index in [4.69, 9.17) is 4.74 Å². The fourth-order valence-corrected chi connectivity index (χ4v) is 2.16. The van der Waals surface area contributed by atoms with Crippen LogP contribution in [0.4, 0.5) is 0 Å². The number of benzene rings is 1. The monoisotopic (exact) mass is 289 g/mol. The molecule has 0 aliphatic rings. The van der Waals surface area contributed by atoms with Crippen LogP contribution in [0.1, 0.15) is 25.0 Å². The minimum Gasteiger partial charge on any atom is -0.494 e. The zero-order chi connectivity index (χ0) is 15.3. The van der Waals surface area contributed by atoms with E-state index in [9.17, 15) is 5.11 Å². The van der Waals surface area contributed by atoms with Gasteiger partial charge in [-0.3, -0.25) is 4.68 Å². The first-order chi connectivity index (χ1) is 10.0. The van der Waals surface area contributed by atoms with Crippen molar-refractivity contribution in [1.29, 1.82) is 0 Å². The van der Waals surface area contributed by atoms with E-state index < -0.39 is 5.60 Å². The third kappa shape index (κ3) is 4.31. The smallest absolute Gasteiger partial charge is 0.119 e. The number of ether oxygens (including phenoxy) is 1. The van der Waals surface area contributed by atoms with Crippen LogP contribution in [-0.4, -0.2) is 28.0 Å². The third-order valence-corrected chi connectivity index (χ3v) is 3.33. The SMILES string of the molecule is CCOc1cccc(CNCC(C)(O)c2cnn(C)c2)c1. The lowest BCUT2D eigenvalue weighted by Crippen LogP contribution is -2.34. The van der Waals surface area contributed by atoms with Crippen molar-refractivity contribution in [3.05, 3.63) is 47.8 Å². The Bertz CT molecular complexity index is 578. The number of aromatic nitrogens is 2. The fraction of sp³-hybridized carbons (Fsp3) is 0.438. The first-order valence-corrected chi connectivity index (χ1v) is 7.15. The average Bonchev–Trinajstić information content (AvgIpc) is 2.87. The second-order valence-electron chi connectivity index (χ2n) is 5.36. The van der Waals surface area contributed by atoms with Gasteiger partial charge in [0.05, 0.1) is 12.8 Å². The maximum absolute atomic E-state index is 10.5. The molecule has 1 atom stereocenters. The van der Waals surface area contributed by atoms with Crippen molar-refractivity contribution < 1.29 is 9.84 Å². The molecule has 0 aliphatic carbocycles. The van der Waals surface area contributed by atoms with E-state index in [2.05, 4.69) is 10.4 Å². The highest BCUT2D eigenvalue weighted by Crippen LogP contribution is 2.19. The molecule has 5 nitrogen and oxygen atoms in total. The van der Waals surface area contributed by atoms with Gasteiger partial charge in [-0.05, 0) is 31.5 Å². The van der Waals surface area contributed by atoms with Gasteiger partial charge in [-0.2, -0.15) is 5.10 Å². The van der Waals surface area contributed by atoms with E-state index in [0.29, 0.717) is 19.7 Å². The molecule has 1 unspecified atom stereocenters. The molecule has 1 aromatic heterocycles. The summed E-state index contributed by atoms with van der Waals surface area (Å²) in [5.41, 5.74) is 0.995. The Morgan fingerprint density at radius 1 is 1.43 bits per heavy atom. The number of rotatable bonds is 7. The van der Waals surface area contributed by atoms with Crippen LogP contribution in [0.15, 0.2) is 36.7 Å². The summed E-state index contributed by atoms with van der Waals surface area (Å²) in [6.07, 6.45) is 3.52. The number of hydrogen-bond donors (Lipinski definition) is 2. The molecule has 5 heteroatoms. The Labute approximate surface area is 125 Å². The van der Waals surface area contributed by atoms with Crippen LogP contribution >= 0.6 is 0 Å². The second-order valence-corrected chi connectivity index (χ2v) is 5.36. The number of nitrogens with zero attached hydrogens (tertiary/aromatic N) is 2. The minimum absolute atomic E-state index is 0.456. The number of aliphatic hydroxyl groups is 1. The van der Waals surface area contributed by atoms with E-state index in [1.54, 1.807) is 17.8 Å². The van der Waals surface area contributed by atoms with E-state index in [1.165, 1.54) is 0 Å². The van der Waals surface area contributed by atoms with Crippen LogP contribution < -0.4 is 10.1 Å². The highest BCUT2D eigenvalue weighted by molar-refractivity contribution is 5.28. The summed E-state index contributed by atoms with van der Waals surface area (Å²) in [4.78, 5) is 0. The summed E-state index contributed by atoms with van der Waals surface area (Å²) in [5.74, 6) is 0.871. The molecule has 0 bridgehead atoms. The van der Waals surface area contributed by atoms with E-state index >= 15 is 0 Å². The summed E-state index contributed by atoms with van der Waals surface area (Å²) in [6.45, 7) is 5.55. The van der Waals surface area contributed by atoms with E-state index in [0.717, 1.165) is 16.9 Å². The Kier molecular flexibility index (Phi) is 4.98. The van der Waals surface area contributed by atoms with Crippen molar-refractivity contribution in [1.82, 2.24) is 15.1 Å². The van der Waals surface area contributed by atoms with Crippen molar-refractivity contribution in [3.8, 4) is 5.75 Å². The molecule has 0 radical (unpaired) electrons. The average molecular weight is 289 g/mol. The lowest BCUT2D eigenvalue weighted by atomic mass is 9.99. The molecule has 0 aliphatic heterocycles. The Morgan fingerprint density at radius 3 is 2.90 bits per heavy atom. The predicted molar refractivity (Wildman–Crippen MR) is 82.1 cm³/mol. The molecule has 114 valence electrons. The predicted octanol–water partition coefficient (Wildman–Crippen LogP) is 1.82. The lowest BCUT2D eigenvalue weighted by molar-refractivity contribution is 0.0566. The summed E-state index contributed by atoms with van der Waals surface area (Å²) < 4.78 is 7.17. The maximum atomic E-state index is 10.5. The minimum atomic E-state index is -0.939. The maximum Gasteiger partial charge on any atom is 0.119 e. The van der Waals surface area contributed by atoms with Gasteiger partial charge in [0.1, 0.15) is 11.4 Å². The molecule has 0 amide bonds. The van der Waals surface area contributed by atoms with E-state index in [-0.39, 0.29) is 0 Å². The Hall–Kier alpha value is -1.85. The van der Waals surface area contributed by atoms with Crippen molar-refractivity contribution in [3.63, 3.8) is 0 Å². The van der Waals surface area contributed by atoms with Crippen LogP contribution in [0, 0.1) is 0 Å². The van der Waals surface area contributed by atoms with Crippen LogP contribution in [0.5, 0.6) is 5.75 Å². The van der Waals surface area contributed by atoms with Crippen molar-refractivity contribution >= 4 is 0 Å². The van der Waals surface area contributed by atoms with Gasteiger partial charge in [-0.15, -0.1) is 0 Å². The normalized spacial score (nSPS) is 13.9. The molecular weight excluding hydrogens is 266 g/mol. The molecular formula is C16H23N3O2. The van der Waals surface area contributed by atoms with Gasteiger partial charge < -0.3 is 15.2 Å². The second kappa shape index (κ2) is 6.74. The van der Waals surface area contributed by atoms with Crippen LogP contribution in [-0.2, 0) is 19.2 Å². The fourth-order valence-electron chi connectivity index (χ4n) is 2.16. The third-order valence-electron chi connectivity index (χ3n) is 3.33. The first-order valence-electron chi connectivity index (χ1n) is 7.15. The highest BCUT2D eigenvalue weighted by Gasteiger charge is 2.24. The lowest BCUT2D eigenvalue weighted by Gasteiger charge is -2.22. The number of hydrogen-bond acceptors (Lipinski definition) is 4. The topological polar surface area (TPSA) is 59.3 Å². The van der Waals surface area contributed by atoms with Gasteiger partial charge in [-0.1, -0.05) is 12.1 Å².